The largest absolute Gasteiger partial charge is 0.479 e. The van der Waals surface area contributed by atoms with Crippen LogP contribution in [0, 0.1) is 18.8 Å². The van der Waals surface area contributed by atoms with E-state index < -0.39 is 0 Å². The first-order valence-electron chi connectivity index (χ1n) is 9.29. The number of aromatic nitrogens is 1. The maximum atomic E-state index is 12.2. The summed E-state index contributed by atoms with van der Waals surface area (Å²) in [6.07, 6.45) is 2.24. The van der Waals surface area contributed by atoms with Gasteiger partial charge in [0.1, 0.15) is 12.4 Å². The average Bonchev–Trinajstić information content (AvgIpc) is 2.97. The SMILES string of the molecule is Cc1ccc(OCC#CCNC(=O)CCCN2C(=O)c3ccccc3C2=O)cn1. The molecule has 0 radical (unpaired) electrons. The number of amides is 3. The van der Waals surface area contributed by atoms with E-state index in [4.69, 9.17) is 4.74 Å². The third kappa shape index (κ3) is 5.20. The Morgan fingerprint density at radius 1 is 1.10 bits per heavy atom. The zero-order valence-corrected chi connectivity index (χ0v) is 16.1. The number of pyridine rings is 1. The number of nitrogens with one attached hydrogen (secondary N) is 1. The number of aryl methyl sites for hydroxylation is 1. The summed E-state index contributed by atoms with van der Waals surface area (Å²) in [4.78, 5) is 41.7. The van der Waals surface area contributed by atoms with Gasteiger partial charge in [0.25, 0.3) is 11.8 Å². The third-order valence-electron chi connectivity index (χ3n) is 4.36. The molecule has 3 amide bonds. The zero-order valence-electron chi connectivity index (χ0n) is 16.1. The molecule has 2 heterocycles. The van der Waals surface area contributed by atoms with Crippen molar-refractivity contribution in [2.75, 3.05) is 19.7 Å². The van der Waals surface area contributed by atoms with Crippen LogP contribution in [0.3, 0.4) is 0 Å². The topological polar surface area (TPSA) is 88.6 Å². The van der Waals surface area contributed by atoms with Gasteiger partial charge in [0.2, 0.25) is 5.91 Å². The first-order chi connectivity index (χ1) is 14.1. The van der Waals surface area contributed by atoms with E-state index in [1.807, 2.05) is 19.1 Å². The lowest BCUT2D eigenvalue weighted by Gasteiger charge is -2.13. The van der Waals surface area contributed by atoms with E-state index in [-0.39, 0.29) is 43.8 Å². The van der Waals surface area contributed by atoms with Crippen molar-refractivity contribution >= 4 is 17.7 Å². The van der Waals surface area contributed by atoms with E-state index in [1.54, 1.807) is 30.5 Å². The maximum Gasteiger partial charge on any atom is 0.261 e. The Kier molecular flexibility index (Phi) is 6.59. The highest BCUT2D eigenvalue weighted by Crippen LogP contribution is 2.22. The molecule has 1 aromatic heterocycles. The fourth-order valence-electron chi connectivity index (χ4n) is 2.84. The van der Waals surface area contributed by atoms with Crippen LogP contribution < -0.4 is 10.1 Å². The highest BCUT2D eigenvalue weighted by molar-refractivity contribution is 6.21. The Morgan fingerprint density at radius 3 is 2.48 bits per heavy atom. The highest BCUT2D eigenvalue weighted by atomic mass is 16.5. The van der Waals surface area contributed by atoms with Crippen molar-refractivity contribution in [1.82, 2.24) is 15.2 Å². The van der Waals surface area contributed by atoms with E-state index in [0.29, 0.717) is 23.3 Å². The summed E-state index contributed by atoms with van der Waals surface area (Å²) >= 11 is 0. The van der Waals surface area contributed by atoms with E-state index in [1.165, 1.54) is 4.90 Å². The number of benzene rings is 1. The highest BCUT2D eigenvalue weighted by Gasteiger charge is 2.34. The molecule has 29 heavy (non-hydrogen) atoms. The molecule has 0 fully saturated rings. The standard InChI is InChI=1S/C22H21N3O4/c1-16-10-11-17(15-24-16)29-14-5-4-12-23-20(26)9-6-13-25-21(27)18-7-2-3-8-19(18)22(25)28/h2-3,7-8,10-11,15H,6,9,12-14H2,1H3,(H,23,26). The Morgan fingerprint density at radius 2 is 1.83 bits per heavy atom. The molecule has 0 atom stereocenters. The van der Waals surface area contributed by atoms with Gasteiger partial charge in [-0.05, 0) is 37.6 Å². The lowest BCUT2D eigenvalue weighted by Crippen LogP contribution is -2.32. The minimum absolute atomic E-state index is 0.181. The number of fused-ring (bicyclic) bond motifs is 1. The minimum Gasteiger partial charge on any atom is -0.479 e. The van der Waals surface area contributed by atoms with Gasteiger partial charge in [-0.2, -0.15) is 0 Å². The fourth-order valence-corrected chi connectivity index (χ4v) is 2.84. The van der Waals surface area contributed by atoms with Crippen molar-refractivity contribution in [2.45, 2.75) is 19.8 Å². The number of ether oxygens (including phenoxy) is 1. The van der Waals surface area contributed by atoms with Crippen molar-refractivity contribution in [2.24, 2.45) is 0 Å². The van der Waals surface area contributed by atoms with Gasteiger partial charge in [-0.15, -0.1) is 0 Å². The second-order valence-corrected chi connectivity index (χ2v) is 6.47. The molecule has 1 aliphatic heterocycles. The molecule has 7 heteroatoms. The number of imide groups is 1. The number of hydrogen-bond donors (Lipinski definition) is 1. The lowest BCUT2D eigenvalue weighted by molar-refractivity contribution is -0.121. The number of carbonyl (C=O) groups excluding carboxylic acids is 3. The first-order valence-corrected chi connectivity index (χ1v) is 9.29. The van der Waals surface area contributed by atoms with Crippen molar-refractivity contribution < 1.29 is 19.1 Å². The average molecular weight is 391 g/mol. The third-order valence-corrected chi connectivity index (χ3v) is 4.36. The molecule has 3 rings (SSSR count). The van der Waals surface area contributed by atoms with Gasteiger partial charge >= 0.3 is 0 Å². The molecule has 0 saturated heterocycles. The smallest absolute Gasteiger partial charge is 0.261 e. The minimum atomic E-state index is -0.305. The van der Waals surface area contributed by atoms with Gasteiger partial charge in [0.15, 0.2) is 0 Å². The summed E-state index contributed by atoms with van der Waals surface area (Å²) in [6, 6.07) is 10.4. The number of hydrogen-bond acceptors (Lipinski definition) is 5. The van der Waals surface area contributed by atoms with Gasteiger partial charge in [0, 0.05) is 18.7 Å². The Bertz CT molecular complexity index is 939. The van der Waals surface area contributed by atoms with Gasteiger partial charge in [0.05, 0.1) is 23.9 Å². The Hall–Kier alpha value is -3.66. The summed E-state index contributed by atoms with van der Waals surface area (Å²) in [5.41, 5.74) is 1.75. The fraction of sp³-hybridized carbons (Fsp3) is 0.273. The molecule has 1 N–H and O–H groups in total. The molecule has 2 aromatic rings. The summed E-state index contributed by atoms with van der Waals surface area (Å²) < 4.78 is 5.42. The quantitative estimate of drug-likeness (QED) is 0.576. The van der Waals surface area contributed by atoms with Crippen molar-refractivity contribution in [3.63, 3.8) is 0 Å². The molecule has 0 spiro atoms. The van der Waals surface area contributed by atoms with Gasteiger partial charge in [-0.25, -0.2) is 0 Å². The van der Waals surface area contributed by atoms with Crippen LogP contribution in [0.5, 0.6) is 5.75 Å². The van der Waals surface area contributed by atoms with Crippen LogP contribution in [0.1, 0.15) is 39.3 Å². The van der Waals surface area contributed by atoms with Crippen LogP contribution >= 0.6 is 0 Å². The Labute approximate surface area is 169 Å². The molecule has 0 saturated carbocycles. The molecule has 0 bridgehead atoms. The van der Waals surface area contributed by atoms with Crippen LogP contribution in [0.4, 0.5) is 0 Å². The normalized spacial score (nSPS) is 12.2. The summed E-state index contributed by atoms with van der Waals surface area (Å²) in [6.45, 7) is 2.53. The number of nitrogens with zero attached hydrogens (tertiary/aromatic N) is 2. The van der Waals surface area contributed by atoms with E-state index in [2.05, 4.69) is 22.1 Å². The lowest BCUT2D eigenvalue weighted by atomic mass is 10.1. The number of carbonyl (C=O) groups is 3. The van der Waals surface area contributed by atoms with Crippen molar-refractivity contribution in [3.05, 3.63) is 59.4 Å². The predicted molar refractivity (Wildman–Crippen MR) is 106 cm³/mol. The molecule has 1 aromatic carbocycles. The van der Waals surface area contributed by atoms with Crippen molar-refractivity contribution in [3.8, 4) is 17.6 Å². The maximum absolute atomic E-state index is 12.2. The predicted octanol–water partition coefficient (Wildman–Crippen LogP) is 1.96. The van der Waals surface area contributed by atoms with Crippen LogP contribution in [-0.4, -0.2) is 47.3 Å². The molecular weight excluding hydrogens is 370 g/mol. The van der Waals surface area contributed by atoms with Crippen LogP contribution in [-0.2, 0) is 4.79 Å². The number of rotatable bonds is 7. The summed E-state index contributed by atoms with van der Waals surface area (Å²) in [5, 5.41) is 2.68. The second kappa shape index (κ2) is 9.51. The van der Waals surface area contributed by atoms with Gasteiger partial charge < -0.3 is 10.1 Å². The van der Waals surface area contributed by atoms with E-state index in [9.17, 15) is 14.4 Å². The van der Waals surface area contributed by atoms with E-state index in [0.717, 1.165) is 5.69 Å². The van der Waals surface area contributed by atoms with Crippen LogP contribution in [0.25, 0.3) is 0 Å². The van der Waals surface area contributed by atoms with Gasteiger partial charge in [-0.1, -0.05) is 24.0 Å². The zero-order chi connectivity index (χ0) is 20.6. The monoisotopic (exact) mass is 391 g/mol. The summed E-state index contributed by atoms with van der Waals surface area (Å²) in [5.74, 6) is 5.47. The second-order valence-electron chi connectivity index (χ2n) is 6.47. The summed E-state index contributed by atoms with van der Waals surface area (Å²) in [7, 11) is 0. The molecule has 0 aliphatic carbocycles. The molecule has 0 unspecified atom stereocenters. The van der Waals surface area contributed by atoms with Crippen molar-refractivity contribution in [1.29, 1.82) is 0 Å². The molecule has 7 nitrogen and oxygen atoms in total. The molecule has 148 valence electrons. The first kappa shape index (κ1) is 20.1. The van der Waals surface area contributed by atoms with Crippen LogP contribution in [0.2, 0.25) is 0 Å². The van der Waals surface area contributed by atoms with E-state index >= 15 is 0 Å². The van der Waals surface area contributed by atoms with Gasteiger partial charge in [-0.3, -0.25) is 24.3 Å². The molecular formula is C22H21N3O4. The Balaban J connectivity index is 1.32. The van der Waals surface area contributed by atoms with Crippen LogP contribution in [0.15, 0.2) is 42.6 Å². The molecule has 1 aliphatic rings.